The summed E-state index contributed by atoms with van der Waals surface area (Å²) in [6, 6.07) is 2.18. The summed E-state index contributed by atoms with van der Waals surface area (Å²) in [7, 11) is -3.12. The molecule has 0 saturated carbocycles. The Morgan fingerprint density at radius 2 is 2.00 bits per heavy atom. The van der Waals surface area contributed by atoms with Gasteiger partial charge in [-0.1, -0.05) is 0 Å². The summed E-state index contributed by atoms with van der Waals surface area (Å²) in [4.78, 5) is 9.03. The highest BCUT2D eigenvalue weighted by molar-refractivity contribution is 7.88. The minimum Gasteiger partial charge on any atom is -0.261 e. The fourth-order valence-corrected chi connectivity index (χ4v) is 4.10. The second kappa shape index (κ2) is 6.60. The first-order valence-corrected chi connectivity index (χ1v) is 10.00. The number of rotatable bonds is 5. The van der Waals surface area contributed by atoms with Gasteiger partial charge in [-0.05, 0) is 38.7 Å². The van der Waals surface area contributed by atoms with Gasteiger partial charge in [0.25, 0.3) is 0 Å². The minimum absolute atomic E-state index is 0.233. The molecule has 8 heteroatoms. The van der Waals surface area contributed by atoms with E-state index in [0.29, 0.717) is 13.1 Å². The number of hydrogen-bond donors (Lipinski definition) is 0. The second-order valence-electron chi connectivity index (χ2n) is 6.59. The van der Waals surface area contributed by atoms with E-state index in [2.05, 4.69) is 28.9 Å². The number of hydrogen-bond acceptors (Lipinski definition) is 5. The first kappa shape index (κ1) is 17.0. The molecular weight excluding hydrogens is 326 g/mol. The summed E-state index contributed by atoms with van der Waals surface area (Å²) in [5.41, 5.74) is 2.69. The maximum Gasteiger partial charge on any atom is 0.211 e. The Bertz CT molecular complexity index is 815. The van der Waals surface area contributed by atoms with Crippen molar-refractivity contribution in [2.24, 2.45) is 5.92 Å². The average molecular weight is 349 g/mol. The van der Waals surface area contributed by atoms with Crippen LogP contribution in [0, 0.1) is 5.92 Å². The van der Waals surface area contributed by atoms with E-state index in [1.165, 1.54) is 6.26 Å². The maximum absolute atomic E-state index is 11.7. The molecule has 7 nitrogen and oxygen atoms in total. The molecule has 2 aromatic rings. The summed E-state index contributed by atoms with van der Waals surface area (Å²) in [6.45, 7) is 5.29. The Morgan fingerprint density at radius 1 is 1.25 bits per heavy atom. The molecule has 0 radical (unpaired) electrons. The molecule has 1 aliphatic heterocycles. The largest absolute Gasteiger partial charge is 0.261 e. The first-order chi connectivity index (χ1) is 11.4. The van der Waals surface area contributed by atoms with Crippen molar-refractivity contribution < 1.29 is 8.42 Å². The second-order valence-corrected chi connectivity index (χ2v) is 8.57. The molecule has 0 unspecified atom stereocenters. The lowest BCUT2D eigenvalue weighted by molar-refractivity contribution is 0.459. The van der Waals surface area contributed by atoms with E-state index in [9.17, 15) is 8.42 Å². The van der Waals surface area contributed by atoms with Gasteiger partial charge in [0.1, 0.15) is 5.69 Å². The average Bonchev–Trinajstić information content (AvgIpc) is 3.16. The van der Waals surface area contributed by atoms with Gasteiger partial charge in [0.2, 0.25) is 10.0 Å². The highest BCUT2D eigenvalue weighted by Crippen LogP contribution is 2.27. The van der Waals surface area contributed by atoms with Crippen LogP contribution in [-0.4, -0.2) is 51.8 Å². The van der Waals surface area contributed by atoms with Gasteiger partial charge in [0.15, 0.2) is 0 Å². The highest BCUT2D eigenvalue weighted by atomic mass is 32.2. The molecule has 0 spiro atoms. The third-order valence-corrected chi connectivity index (χ3v) is 5.65. The highest BCUT2D eigenvalue weighted by Gasteiger charge is 2.29. The molecule has 1 fully saturated rings. The van der Waals surface area contributed by atoms with E-state index < -0.39 is 10.0 Å². The normalized spacial score (nSPS) is 19.2. The zero-order chi connectivity index (χ0) is 17.3. The van der Waals surface area contributed by atoms with E-state index in [1.807, 2.05) is 10.7 Å². The fraction of sp³-hybridized carbons (Fsp3) is 0.562. The van der Waals surface area contributed by atoms with Crippen LogP contribution < -0.4 is 0 Å². The smallest absolute Gasteiger partial charge is 0.211 e. The van der Waals surface area contributed by atoms with Crippen LogP contribution in [0.15, 0.2) is 24.7 Å². The zero-order valence-corrected chi connectivity index (χ0v) is 15.1. The van der Waals surface area contributed by atoms with Gasteiger partial charge in [0, 0.05) is 37.7 Å². The predicted octanol–water partition coefficient (Wildman–Crippen LogP) is 1.74. The molecule has 2 aromatic heterocycles. The van der Waals surface area contributed by atoms with E-state index >= 15 is 0 Å². The van der Waals surface area contributed by atoms with E-state index in [1.54, 1.807) is 22.9 Å². The molecule has 0 N–H and O–H groups in total. The number of nitrogens with zero attached hydrogens (tertiary/aromatic N) is 5. The van der Waals surface area contributed by atoms with Crippen LogP contribution in [0.1, 0.15) is 32.0 Å². The van der Waals surface area contributed by atoms with Crippen molar-refractivity contribution in [3.05, 3.63) is 30.4 Å². The lowest BCUT2D eigenvalue weighted by Gasteiger charge is -2.15. The molecule has 1 aliphatic rings. The van der Waals surface area contributed by atoms with Crippen molar-refractivity contribution in [1.29, 1.82) is 0 Å². The molecule has 24 heavy (non-hydrogen) atoms. The molecule has 0 aliphatic carbocycles. The molecule has 0 amide bonds. The zero-order valence-electron chi connectivity index (χ0n) is 14.3. The lowest BCUT2D eigenvalue weighted by Crippen LogP contribution is -2.27. The van der Waals surface area contributed by atoms with E-state index in [-0.39, 0.29) is 12.0 Å². The Hall–Kier alpha value is -1.80. The van der Waals surface area contributed by atoms with Crippen LogP contribution in [0.4, 0.5) is 0 Å². The summed E-state index contributed by atoms with van der Waals surface area (Å²) in [5.74, 6) is 0.269. The topological polar surface area (TPSA) is 81.0 Å². The third-order valence-electron chi connectivity index (χ3n) is 4.38. The van der Waals surface area contributed by atoms with Crippen LogP contribution in [0.3, 0.4) is 0 Å². The maximum atomic E-state index is 11.7. The van der Waals surface area contributed by atoms with Crippen LogP contribution in [0.2, 0.25) is 0 Å². The molecule has 1 saturated heterocycles. The van der Waals surface area contributed by atoms with Crippen molar-refractivity contribution in [2.45, 2.75) is 32.7 Å². The van der Waals surface area contributed by atoms with Crippen molar-refractivity contribution in [2.75, 3.05) is 19.3 Å². The van der Waals surface area contributed by atoms with Gasteiger partial charge in [-0.2, -0.15) is 5.10 Å². The van der Waals surface area contributed by atoms with Crippen LogP contribution in [0.5, 0.6) is 0 Å². The van der Waals surface area contributed by atoms with Gasteiger partial charge in [-0.3, -0.25) is 14.6 Å². The first-order valence-electron chi connectivity index (χ1n) is 8.15. The van der Waals surface area contributed by atoms with Crippen LogP contribution in [0.25, 0.3) is 11.4 Å². The van der Waals surface area contributed by atoms with Crippen molar-refractivity contribution >= 4 is 10.0 Å². The summed E-state index contributed by atoms with van der Waals surface area (Å²) in [5, 5.41) is 4.37. The molecule has 130 valence electrons. The predicted molar refractivity (Wildman–Crippen MR) is 91.9 cm³/mol. The Morgan fingerprint density at radius 3 is 2.67 bits per heavy atom. The summed E-state index contributed by atoms with van der Waals surface area (Å²) >= 11 is 0. The van der Waals surface area contributed by atoms with Gasteiger partial charge < -0.3 is 0 Å². The number of sulfonamides is 1. The molecule has 0 aromatic carbocycles. The van der Waals surface area contributed by atoms with E-state index in [4.69, 9.17) is 0 Å². The quantitative estimate of drug-likeness (QED) is 0.821. The Kier molecular flexibility index (Phi) is 4.69. The number of aromatic nitrogens is 4. The van der Waals surface area contributed by atoms with Crippen LogP contribution >= 0.6 is 0 Å². The van der Waals surface area contributed by atoms with Crippen molar-refractivity contribution in [3.8, 4) is 11.4 Å². The van der Waals surface area contributed by atoms with Crippen molar-refractivity contribution in [1.82, 2.24) is 24.1 Å². The lowest BCUT2D eigenvalue weighted by atomic mass is 10.0. The summed E-state index contributed by atoms with van der Waals surface area (Å²) < 4.78 is 26.9. The molecule has 1 atom stereocenters. The third kappa shape index (κ3) is 3.49. The minimum atomic E-state index is -3.12. The van der Waals surface area contributed by atoms with Crippen molar-refractivity contribution in [3.63, 3.8) is 0 Å². The van der Waals surface area contributed by atoms with Gasteiger partial charge in [-0.25, -0.2) is 12.7 Å². The molecule has 3 heterocycles. The monoisotopic (exact) mass is 349 g/mol. The molecule has 3 rings (SSSR count). The molecular formula is C16H23N5O2S. The van der Waals surface area contributed by atoms with Gasteiger partial charge in [0.05, 0.1) is 17.6 Å². The van der Waals surface area contributed by atoms with Crippen LogP contribution in [-0.2, 0) is 16.4 Å². The van der Waals surface area contributed by atoms with E-state index in [0.717, 1.165) is 29.9 Å². The Labute approximate surface area is 142 Å². The van der Waals surface area contributed by atoms with Gasteiger partial charge in [-0.15, -0.1) is 0 Å². The SMILES string of the molecule is CC(C)n1nccc1-c1nccnc1C[C@H]1CCN(S(C)(=O)=O)C1. The standard InChI is InChI=1S/C16H23N5O2S/c1-12(2)21-15(4-6-19-21)16-14(17-7-8-18-16)10-13-5-9-20(11-13)24(3,22)23/h4,6-8,12-13H,5,9-11H2,1-3H3/t13-/m1/s1. The summed E-state index contributed by atoms with van der Waals surface area (Å²) in [6.07, 6.45) is 8.00. The molecule has 0 bridgehead atoms. The van der Waals surface area contributed by atoms with Gasteiger partial charge >= 0.3 is 0 Å². The fourth-order valence-electron chi connectivity index (χ4n) is 3.18. The Balaban J connectivity index is 1.85.